The third-order valence-corrected chi connectivity index (χ3v) is 5.83. The van der Waals surface area contributed by atoms with Crippen molar-refractivity contribution in [1.82, 2.24) is 0 Å². The van der Waals surface area contributed by atoms with Gasteiger partial charge in [0.1, 0.15) is 0 Å². The van der Waals surface area contributed by atoms with E-state index in [1.807, 2.05) is 6.08 Å². The van der Waals surface area contributed by atoms with Gasteiger partial charge in [-0.25, -0.2) is 0 Å². The highest BCUT2D eigenvalue weighted by Crippen LogP contribution is 2.59. The highest BCUT2D eigenvalue weighted by atomic mass is 16.1. The van der Waals surface area contributed by atoms with Crippen molar-refractivity contribution in [2.45, 2.75) is 67.7 Å². The van der Waals surface area contributed by atoms with Gasteiger partial charge in [0.25, 0.3) is 0 Å². The molecule has 2 rings (SSSR count). The quantitative estimate of drug-likeness (QED) is 0.590. The summed E-state index contributed by atoms with van der Waals surface area (Å²) in [5.74, 6) is 2.27. The summed E-state index contributed by atoms with van der Waals surface area (Å²) >= 11 is 0. The summed E-state index contributed by atoms with van der Waals surface area (Å²) in [5.41, 5.74) is 0.815. The monoisotopic (exact) mass is 276 g/mol. The molecule has 0 aliphatic heterocycles. The van der Waals surface area contributed by atoms with E-state index in [2.05, 4.69) is 54.5 Å². The van der Waals surface area contributed by atoms with Crippen LogP contribution in [0, 0.1) is 34.0 Å². The maximum atomic E-state index is 11.9. The van der Waals surface area contributed by atoms with Crippen LogP contribution in [-0.4, -0.2) is 5.78 Å². The molecule has 20 heavy (non-hydrogen) atoms. The molecule has 2 aliphatic rings. The fourth-order valence-corrected chi connectivity index (χ4v) is 4.86. The van der Waals surface area contributed by atoms with Gasteiger partial charge in [-0.2, -0.15) is 0 Å². The minimum absolute atomic E-state index is 0.186. The summed E-state index contributed by atoms with van der Waals surface area (Å²) in [5, 5.41) is 0. The average molecular weight is 276 g/mol. The topological polar surface area (TPSA) is 17.1 Å². The first-order valence-electron chi connectivity index (χ1n) is 8.16. The Hall–Kier alpha value is -0.590. The Bertz CT molecular complexity index is 418. The normalized spacial score (nSPS) is 38.8. The minimum Gasteiger partial charge on any atom is -0.295 e. The lowest BCUT2D eigenvalue weighted by molar-refractivity contribution is -0.123. The van der Waals surface area contributed by atoms with Crippen molar-refractivity contribution in [1.29, 1.82) is 0 Å². The van der Waals surface area contributed by atoms with E-state index in [0.717, 1.165) is 12.3 Å². The fourth-order valence-electron chi connectivity index (χ4n) is 4.86. The van der Waals surface area contributed by atoms with Crippen LogP contribution in [0.3, 0.4) is 0 Å². The summed E-state index contributed by atoms with van der Waals surface area (Å²) in [6.45, 7) is 16.6. The molecule has 0 aromatic heterocycles. The second-order valence-electron chi connectivity index (χ2n) is 9.59. The maximum absolute atomic E-state index is 11.9. The zero-order chi connectivity index (χ0) is 15.3. The number of allylic oxidation sites excluding steroid dienone is 2. The van der Waals surface area contributed by atoms with Crippen LogP contribution < -0.4 is 0 Å². The molecule has 0 spiro atoms. The van der Waals surface area contributed by atoms with Gasteiger partial charge < -0.3 is 0 Å². The molecule has 1 heteroatoms. The average Bonchev–Trinajstić information content (AvgIpc) is 2.23. The number of hydrogen-bond acceptors (Lipinski definition) is 1. The second kappa shape index (κ2) is 4.71. The van der Waals surface area contributed by atoms with Gasteiger partial charge in [0, 0.05) is 6.42 Å². The third-order valence-electron chi connectivity index (χ3n) is 5.83. The predicted molar refractivity (Wildman–Crippen MR) is 85.5 cm³/mol. The van der Waals surface area contributed by atoms with Crippen LogP contribution in [0.25, 0.3) is 0 Å². The molecule has 0 aromatic carbocycles. The summed E-state index contributed by atoms with van der Waals surface area (Å²) in [6, 6.07) is 0. The van der Waals surface area contributed by atoms with Gasteiger partial charge in [0.2, 0.25) is 0 Å². The molecule has 0 aromatic rings. The largest absolute Gasteiger partial charge is 0.295 e. The molecule has 0 N–H and O–H groups in total. The molecule has 0 radical (unpaired) electrons. The van der Waals surface area contributed by atoms with E-state index in [4.69, 9.17) is 0 Å². The lowest BCUT2D eigenvalue weighted by Crippen LogP contribution is -2.51. The van der Waals surface area contributed by atoms with Gasteiger partial charge >= 0.3 is 0 Å². The molecule has 2 aliphatic carbocycles. The smallest absolute Gasteiger partial charge is 0.155 e. The van der Waals surface area contributed by atoms with E-state index in [9.17, 15) is 4.79 Å². The molecule has 0 saturated heterocycles. The Labute approximate surface area is 125 Å². The van der Waals surface area contributed by atoms with Crippen LogP contribution in [0.15, 0.2) is 12.2 Å². The lowest BCUT2D eigenvalue weighted by Gasteiger charge is -2.57. The van der Waals surface area contributed by atoms with Gasteiger partial charge in [0.15, 0.2) is 5.78 Å². The van der Waals surface area contributed by atoms with E-state index < -0.39 is 0 Å². The zero-order valence-corrected chi connectivity index (χ0v) is 14.4. The Morgan fingerprint density at radius 2 is 1.70 bits per heavy atom. The molecule has 1 fully saturated rings. The summed E-state index contributed by atoms with van der Waals surface area (Å²) in [6.07, 6.45) is 7.31. The van der Waals surface area contributed by atoms with Crippen molar-refractivity contribution >= 4 is 5.78 Å². The van der Waals surface area contributed by atoms with Crippen molar-refractivity contribution in [3.63, 3.8) is 0 Å². The standard InChI is InChI=1S/C19H32O/c1-17(2,3)14-10-11-19(7)12-13(20)8-9-15(19)16(14)18(4,5)6/h8-9,14-16H,10-12H2,1-7H3. The first-order valence-corrected chi connectivity index (χ1v) is 8.16. The number of ketones is 1. The predicted octanol–water partition coefficient (Wildman–Crippen LogP) is 5.26. The van der Waals surface area contributed by atoms with E-state index in [1.54, 1.807) is 0 Å². The van der Waals surface area contributed by atoms with Crippen molar-refractivity contribution < 1.29 is 4.79 Å². The summed E-state index contributed by atoms with van der Waals surface area (Å²) in [7, 11) is 0. The maximum Gasteiger partial charge on any atom is 0.155 e. The second-order valence-corrected chi connectivity index (χ2v) is 9.59. The molecule has 0 amide bonds. The summed E-state index contributed by atoms with van der Waals surface area (Å²) < 4.78 is 0. The van der Waals surface area contributed by atoms with Crippen molar-refractivity contribution in [2.75, 3.05) is 0 Å². The van der Waals surface area contributed by atoms with Gasteiger partial charge in [0.05, 0.1) is 0 Å². The van der Waals surface area contributed by atoms with Gasteiger partial charge in [-0.15, -0.1) is 0 Å². The summed E-state index contributed by atoms with van der Waals surface area (Å²) in [4.78, 5) is 11.9. The molecule has 114 valence electrons. The van der Waals surface area contributed by atoms with Crippen molar-refractivity contribution in [3.8, 4) is 0 Å². The molecule has 4 unspecified atom stereocenters. The number of rotatable bonds is 0. The van der Waals surface area contributed by atoms with Gasteiger partial charge in [-0.05, 0) is 52.9 Å². The number of carbonyl (C=O) groups excluding carboxylic acids is 1. The molecule has 1 saturated carbocycles. The van der Waals surface area contributed by atoms with Crippen LogP contribution in [0.2, 0.25) is 0 Å². The lowest BCUT2D eigenvalue weighted by atomic mass is 9.47. The Morgan fingerprint density at radius 1 is 1.10 bits per heavy atom. The number of fused-ring (bicyclic) bond motifs is 1. The van der Waals surface area contributed by atoms with Gasteiger partial charge in [-0.3, -0.25) is 4.79 Å². The van der Waals surface area contributed by atoms with Crippen molar-refractivity contribution in [2.24, 2.45) is 34.0 Å². The molecule has 0 heterocycles. The van der Waals surface area contributed by atoms with Gasteiger partial charge in [-0.1, -0.05) is 54.5 Å². The van der Waals surface area contributed by atoms with Crippen LogP contribution in [0.5, 0.6) is 0 Å². The molecular weight excluding hydrogens is 244 g/mol. The van der Waals surface area contributed by atoms with E-state index >= 15 is 0 Å². The van der Waals surface area contributed by atoms with Crippen LogP contribution in [-0.2, 0) is 4.79 Å². The number of hydrogen-bond donors (Lipinski definition) is 0. The molecular formula is C19H32O. The zero-order valence-electron chi connectivity index (χ0n) is 14.4. The minimum atomic E-state index is 0.186. The molecule has 0 bridgehead atoms. The van der Waals surface area contributed by atoms with Crippen molar-refractivity contribution in [3.05, 3.63) is 12.2 Å². The number of carbonyl (C=O) groups is 1. The highest BCUT2D eigenvalue weighted by Gasteiger charge is 2.53. The van der Waals surface area contributed by atoms with E-state index in [-0.39, 0.29) is 10.8 Å². The molecule has 1 nitrogen and oxygen atoms in total. The highest BCUT2D eigenvalue weighted by molar-refractivity contribution is 5.91. The third kappa shape index (κ3) is 2.73. The Balaban J connectivity index is 2.46. The van der Waals surface area contributed by atoms with E-state index in [0.29, 0.717) is 23.0 Å². The SMILES string of the molecule is CC(C)(C)C1CCC2(C)CC(=O)C=CC2C1C(C)(C)C. The Morgan fingerprint density at radius 3 is 2.20 bits per heavy atom. The first kappa shape index (κ1) is 15.8. The van der Waals surface area contributed by atoms with E-state index in [1.165, 1.54) is 12.8 Å². The first-order chi connectivity index (χ1) is 8.95. The fraction of sp³-hybridized carbons (Fsp3) is 0.842. The van der Waals surface area contributed by atoms with Crippen LogP contribution in [0.4, 0.5) is 0 Å². The van der Waals surface area contributed by atoms with Crippen LogP contribution >= 0.6 is 0 Å². The molecule has 4 atom stereocenters. The van der Waals surface area contributed by atoms with Crippen LogP contribution in [0.1, 0.15) is 67.7 Å². The Kier molecular flexibility index (Phi) is 3.72.